The zero-order valence-corrected chi connectivity index (χ0v) is 18.9. The van der Waals surface area contributed by atoms with Crippen LogP contribution in [0.3, 0.4) is 0 Å². The van der Waals surface area contributed by atoms with Crippen LogP contribution in [0.15, 0.2) is 72.9 Å². The predicted molar refractivity (Wildman–Crippen MR) is 125 cm³/mol. The predicted octanol–water partition coefficient (Wildman–Crippen LogP) is 6.40. The van der Waals surface area contributed by atoms with Crippen LogP contribution in [0.5, 0.6) is 5.75 Å². The molecule has 0 amide bonds. The third-order valence-corrected chi connectivity index (χ3v) is 5.46. The Morgan fingerprint density at radius 1 is 0.774 bits per heavy atom. The van der Waals surface area contributed by atoms with Crippen LogP contribution in [-0.2, 0) is 5.60 Å². The van der Waals surface area contributed by atoms with Crippen molar-refractivity contribution in [3.05, 3.63) is 99.7 Å². The minimum atomic E-state index is -1.44. The Kier molecular flexibility index (Phi) is 5.65. The molecule has 158 valence electrons. The second kappa shape index (κ2) is 8.12. The first-order valence-electron chi connectivity index (χ1n) is 9.86. The molecule has 0 aliphatic heterocycles. The Balaban J connectivity index is 1.95. The van der Waals surface area contributed by atoms with E-state index in [0.29, 0.717) is 38.0 Å². The average Bonchev–Trinajstić information content (AvgIpc) is 2.73. The minimum absolute atomic E-state index is 0.408. The Morgan fingerprint density at radius 2 is 1.29 bits per heavy atom. The summed E-state index contributed by atoms with van der Waals surface area (Å²) in [7, 11) is 0. The van der Waals surface area contributed by atoms with Gasteiger partial charge in [0.05, 0.1) is 11.7 Å². The fourth-order valence-corrected chi connectivity index (χ4v) is 3.80. The van der Waals surface area contributed by atoms with Crippen molar-refractivity contribution < 1.29 is 9.84 Å². The van der Waals surface area contributed by atoms with Crippen molar-refractivity contribution in [2.45, 2.75) is 32.0 Å². The number of rotatable bonds is 4. The topological polar surface area (TPSA) is 55.2 Å². The van der Waals surface area contributed by atoms with Crippen LogP contribution in [0.4, 0.5) is 0 Å². The summed E-state index contributed by atoms with van der Waals surface area (Å²) in [5.41, 5.74) is 0.856. The van der Waals surface area contributed by atoms with Crippen molar-refractivity contribution in [2.24, 2.45) is 0 Å². The maximum atomic E-state index is 12.1. The molecule has 4 aromatic rings. The van der Waals surface area contributed by atoms with Gasteiger partial charge in [-0.15, -0.1) is 0 Å². The fraction of sp³-hybridized carbons (Fsp3) is 0.200. The van der Waals surface area contributed by atoms with Gasteiger partial charge in [0.15, 0.2) is 0 Å². The van der Waals surface area contributed by atoms with Crippen LogP contribution in [0.2, 0.25) is 10.0 Å². The molecule has 0 spiro atoms. The van der Waals surface area contributed by atoms with Gasteiger partial charge in [-0.25, -0.2) is 0 Å². The van der Waals surface area contributed by atoms with Crippen LogP contribution < -0.4 is 4.74 Å². The van der Waals surface area contributed by atoms with Crippen LogP contribution in [0.1, 0.15) is 37.5 Å². The van der Waals surface area contributed by atoms with Crippen LogP contribution in [0, 0.1) is 0 Å². The van der Waals surface area contributed by atoms with Crippen molar-refractivity contribution >= 4 is 34.1 Å². The molecule has 1 N–H and O–H groups in total. The van der Waals surface area contributed by atoms with E-state index in [2.05, 4.69) is 10.2 Å². The van der Waals surface area contributed by atoms with Gasteiger partial charge in [-0.2, -0.15) is 10.2 Å². The Labute approximate surface area is 191 Å². The van der Waals surface area contributed by atoms with Gasteiger partial charge in [-0.3, -0.25) is 0 Å². The lowest BCUT2D eigenvalue weighted by Crippen LogP contribution is -2.29. The number of fused-ring (bicyclic) bond motifs is 1. The highest BCUT2D eigenvalue weighted by atomic mass is 35.5. The van der Waals surface area contributed by atoms with E-state index in [1.165, 1.54) is 0 Å². The summed E-state index contributed by atoms with van der Waals surface area (Å²) >= 11 is 12.2. The first kappa shape index (κ1) is 21.6. The number of hydrogen-bond acceptors (Lipinski definition) is 4. The molecule has 31 heavy (non-hydrogen) atoms. The van der Waals surface area contributed by atoms with E-state index >= 15 is 0 Å². The summed E-state index contributed by atoms with van der Waals surface area (Å²) < 4.78 is 6.11. The summed E-state index contributed by atoms with van der Waals surface area (Å²) in [4.78, 5) is 0. The number of aromatic nitrogens is 2. The molecule has 0 aliphatic rings. The number of nitrogens with zero attached hydrogens (tertiary/aromatic N) is 2. The average molecular weight is 453 g/mol. The normalized spacial score (nSPS) is 12.2. The van der Waals surface area contributed by atoms with Crippen molar-refractivity contribution in [3.8, 4) is 5.75 Å². The number of benzene rings is 3. The molecule has 0 saturated carbocycles. The summed E-state index contributed by atoms with van der Waals surface area (Å²) in [6.07, 6.45) is 1.60. The molecule has 3 aromatic carbocycles. The van der Waals surface area contributed by atoms with Gasteiger partial charge in [0.2, 0.25) is 0 Å². The molecule has 0 radical (unpaired) electrons. The maximum Gasteiger partial charge on any atom is 0.149 e. The molecule has 1 heterocycles. The minimum Gasteiger partial charge on any atom is -0.486 e. The van der Waals surface area contributed by atoms with Gasteiger partial charge < -0.3 is 9.84 Å². The van der Waals surface area contributed by atoms with E-state index in [1.54, 1.807) is 30.5 Å². The van der Waals surface area contributed by atoms with Gasteiger partial charge in [0.25, 0.3) is 0 Å². The van der Waals surface area contributed by atoms with E-state index in [-0.39, 0.29) is 0 Å². The lowest BCUT2D eigenvalue weighted by molar-refractivity contribution is 0.125. The Hall–Kier alpha value is -2.66. The number of hydrogen-bond donors (Lipinski definition) is 1. The van der Waals surface area contributed by atoms with Crippen molar-refractivity contribution in [1.82, 2.24) is 10.2 Å². The van der Waals surface area contributed by atoms with Crippen molar-refractivity contribution in [3.63, 3.8) is 0 Å². The lowest BCUT2D eigenvalue weighted by atomic mass is 9.80. The molecule has 0 aliphatic carbocycles. The summed E-state index contributed by atoms with van der Waals surface area (Å²) in [6.45, 7) is 5.92. The van der Waals surface area contributed by atoms with Gasteiger partial charge in [0.1, 0.15) is 17.0 Å². The van der Waals surface area contributed by atoms with Gasteiger partial charge >= 0.3 is 0 Å². The smallest absolute Gasteiger partial charge is 0.149 e. The van der Waals surface area contributed by atoms with Gasteiger partial charge in [-0.1, -0.05) is 53.5 Å². The van der Waals surface area contributed by atoms with E-state index in [0.717, 1.165) is 5.39 Å². The Morgan fingerprint density at radius 3 is 1.81 bits per heavy atom. The highest BCUT2D eigenvalue weighted by molar-refractivity contribution is 6.30. The molecule has 0 fully saturated rings. The summed E-state index contributed by atoms with van der Waals surface area (Å²) in [5.74, 6) is 0.605. The van der Waals surface area contributed by atoms with Crippen LogP contribution in [0.25, 0.3) is 10.9 Å². The largest absolute Gasteiger partial charge is 0.486 e. The Bertz CT molecular complexity index is 1170. The van der Waals surface area contributed by atoms with Crippen molar-refractivity contribution in [1.29, 1.82) is 0 Å². The van der Waals surface area contributed by atoms with E-state index in [4.69, 9.17) is 27.9 Å². The zero-order chi connectivity index (χ0) is 22.2. The molecular weight excluding hydrogens is 431 g/mol. The number of aliphatic hydroxyl groups is 1. The SMILES string of the molecule is CC(C)(C)Oc1cnnc2ccc(C(O)(c3ccc(Cl)cc3)c3ccc(Cl)cc3)cc12. The fourth-order valence-electron chi connectivity index (χ4n) is 3.55. The first-order valence-corrected chi connectivity index (χ1v) is 10.6. The number of ether oxygens (including phenoxy) is 1. The zero-order valence-electron chi connectivity index (χ0n) is 17.4. The lowest BCUT2D eigenvalue weighted by Gasteiger charge is -2.31. The molecule has 4 nitrogen and oxygen atoms in total. The maximum absolute atomic E-state index is 12.1. The third kappa shape index (κ3) is 4.38. The van der Waals surface area contributed by atoms with E-state index < -0.39 is 11.2 Å². The van der Waals surface area contributed by atoms with Crippen LogP contribution >= 0.6 is 23.2 Å². The van der Waals surface area contributed by atoms with E-state index in [9.17, 15) is 5.11 Å². The second-order valence-corrected chi connectivity index (χ2v) is 9.25. The second-order valence-electron chi connectivity index (χ2n) is 8.38. The molecule has 0 bridgehead atoms. The highest BCUT2D eigenvalue weighted by Crippen LogP contribution is 2.39. The van der Waals surface area contributed by atoms with Crippen molar-refractivity contribution in [2.75, 3.05) is 0 Å². The molecule has 1 aromatic heterocycles. The third-order valence-electron chi connectivity index (χ3n) is 4.96. The number of halogens is 2. The quantitative estimate of drug-likeness (QED) is 0.364. The van der Waals surface area contributed by atoms with Gasteiger partial charge in [0, 0.05) is 15.4 Å². The summed E-state index contributed by atoms with van der Waals surface area (Å²) in [5, 5.41) is 22.4. The van der Waals surface area contributed by atoms with Gasteiger partial charge in [-0.05, 0) is 73.9 Å². The van der Waals surface area contributed by atoms with Crippen LogP contribution in [-0.4, -0.2) is 20.9 Å². The van der Waals surface area contributed by atoms with E-state index in [1.807, 2.05) is 63.2 Å². The molecular formula is C25H22Cl2N2O2. The molecule has 4 rings (SSSR count). The highest BCUT2D eigenvalue weighted by Gasteiger charge is 2.34. The monoisotopic (exact) mass is 452 g/mol. The molecule has 0 atom stereocenters. The standard InChI is InChI=1S/C25H22Cl2N2O2/c1-24(2,3)31-23-15-28-29-22-13-8-18(14-21(22)23)25(30,16-4-9-19(26)10-5-16)17-6-11-20(27)12-7-17/h4-15,30H,1-3H3. The molecule has 0 unspecified atom stereocenters. The molecule has 6 heteroatoms. The molecule has 0 saturated heterocycles. The first-order chi connectivity index (χ1) is 14.7. The summed E-state index contributed by atoms with van der Waals surface area (Å²) in [6, 6.07) is 19.9.